The van der Waals surface area contributed by atoms with Crippen molar-refractivity contribution >= 4 is 21.6 Å². The lowest BCUT2D eigenvalue weighted by atomic mass is 10.1. The molecule has 6 heteroatoms. The molecule has 1 aromatic rings. The summed E-state index contributed by atoms with van der Waals surface area (Å²) in [6, 6.07) is 4.62. The van der Waals surface area contributed by atoms with Crippen molar-refractivity contribution in [2.75, 3.05) is 17.1 Å². The highest BCUT2D eigenvalue weighted by Crippen LogP contribution is 2.23. The first-order chi connectivity index (χ1) is 10.2. The Labute approximate surface area is 133 Å². The Morgan fingerprint density at radius 2 is 1.91 bits per heavy atom. The summed E-state index contributed by atoms with van der Waals surface area (Å²) in [5.74, 6) is -0.280. The van der Waals surface area contributed by atoms with E-state index in [-0.39, 0.29) is 5.91 Å². The highest BCUT2D eigenvalue weighted by Gasteiger charge is 2.28. The molecule has 5 nitrogen and oxygen atoms in total. The summed E-state index contributed by atoms with van der Waals surface area (Å²) in [6.07, 6.45) is 2.97. The van der Waals surface area contributed by atoms with E-state index < -0.39 is 16.1 Å². The number of nitrogens with one attached hydrogen (secondary N) is 1. The average Bonchev–Trinajstić information content (AvgIpc) is 2.41. The van der Waals surface area contributed by atoms with E-state index in [0.29, 0.717) is 12.2 Å². The van der Waals surface area contributed by atoms with Crippen LogP contribution >= 0.6 is 0 Å². The molecule has 0 aromatic heterocycles. The topological polar surface area (TPSA) is 66.5 Å². The number of anilines is 1. The molecule has 1 amide bonds. The van der Waals surface area contributed by atoms with Gasteiger partial charge in [0.15, 0.2) is 0 Å². The predicted molar refractivity (Wildman–Crippen MR) is 90.6 cm³/mol. The molecule has 1 aromatic carbocycles. The molecule has 22 heavy (non-hydrogen) atoms. The van der Waals surface area contributed by atoms with Gasteiger partial charge in [-0.05, 0) is 50.5 Å². The van der Waals surface area contributed by atoms with Gasteiger partial charge in [0.05, 0.1) is 11.9 Å². The molecular formula is C16H26N2O3S. The Morgan fingerprint density at radius 1 is 1.27 bits per heavy atom. The molecule has 1 unspecified atom stereocenters. The first-order valence-electron chi connectivity index (χ1n) is 7.52. The molecule has 0 fully saturated rings. The lowest BCUT2D eigenvalue weighted by Gasteiger charge is -2.28. The van der Waals surface area contributed by atoms with Crippen molar-refractivity contribution in [2.45, 2.75) is 46.6 Å². The van der Waals surface area contributed by atoms with Crippen molar-refractivity contribution in [2.24, 2.45) is 0 Å². The van der Waals surface area contributed by atoms with Crippen LogP contribution in [0.5, 0.6) is 0 Å². The zero-order chi connectivity index (χ0) is 16.9. The van der Waals surface area contributed by atoms with E-state index >= 15 is 0 Å². The summed E-state index contributed by atoms with van der Waals surface area (Å²) < 4.78 is 25.5. The van der Waals surface area contributed by atoms with Gasteiger partial charge in [-0.3, -0.25) is 9.10 Å². The molecule has 0 saturated carbocycles. The van der Waals surface area contributed by atoms with Gasteiger partial charge in [0.1, 0.15) is 6.04 Å². The van der Waals surface area contributed by atoms with Crippen LogP contribution in [0.1, 0.15) is 37.8 Å². The number of aryl methyl sites for hydroxylation is 2. The smallest absolute Gasteiger partial charge is 0.243 e. The summed E-state index contributed by atoms with van der Waals surface area (Å²) in [6.45, 7) is 8.09. The maximum atomic E-state index is 12.2. The van der Waals surface area contributed by atoms with E-state index in [9.17, 15) is 13.2 Å². The number of sulfonamides is 1. The number of rotatable bonds is 7. The van der Waals surface area contributed by atoms with E-state index in [1.54, 1.807) is 19.1 Å². The maximum absolute atomic E-state index is 12.2. The summed E-state index contributed by atoms with van der Waals surface area (Å²) in [7, 11) is -3.55. The number of carbonyl (C=O) groups excluding carboxylic acids is 1. The van der Waals surface area contributed by atoms with E-state index in [4.69, 9.17) is 0 Å². The predicted octanol–water partition coefficient (Wildman–Crippen LogP) is 2.37. The van der Waals surface area contributed by atoms with Crippen LogP contribution in [0.3, 0.4) is 0 Å². The number of hydrogen-bond donors (Lipinski definition) is 1. The van der Waals surface area contributed by atoms with Crippen molar-refractivity contribution in [3.05, 3.63) is 29.3 Å². The second-order valence-corrected chi connectivity index (χ2v) is 7.51. The van der Waals surface area contributed by atoms with Crippen LogP contribution in [0, 0.1) is 13.8 Å². The summed E-state index contributed by atoms with van der Waals surface area (Å²) in [4.78, 5) is 12.2. The Kier molecular flexibility index (Phi) is 6.41. The Bertz CT molecular complexity index is 626. The first kappa shape index (κ1) is 18.5. The van der Waals surface area contributed by atoms with Gasteiger partial charge in [-0.1, -0.05) is 19.4 Å². The highest BCUT2D eigenvalue weighted by atomic mass is 32.2. The zero-order valence-electron chi connectivity index (χ0n) is 14.0. The van der Waals surface area contributed by atoms with Gasteiger partial charge in [0, 0.05) is 6.54 Å². The van der Waals surface area contributed by atoms with Crippen LogP contribution < -0.4 is 9.62 Å². The van der Waals surface area contributed by atoms with Crippen LogP contribution in [0.2, 0.25) is 0 Å². The lowest BCUT2D eigenvalue weighted by molar-refractivity contribution is -0.121. The number of carbonyl (C=O) groups is 1. The fraction of sp³-hybridized carbons (Fsp3) is 0.562. The van der Waals surface area contributed by atoms with Crippen LogP contribution in [0.15, 0.2) is 18.2 Å². The molecule has 0 spiro atoms. The third-order valence-corrected chi connectivity index (χ3v) is 4.90. The van der Waals surface area contributed by atoms with Gasteiger partial charge < -0.3 is 5.32 Å². The molecule has 0 aliphatic rings. The SMILES string of the molecule is CCCCNC(=O)C(C)N(c1ccc(C)c(C)c1)S(C)(=O)=O. The van der Waals surface area contributed by atoms with Crippen LogP contribution in [-0.2, 0) is 14.8 Å². The minimum Gasteiger partial charge on any atom is -0.354 e. The minimum atomic E-state index is -3.55. The fourth-order valence-electron chi connectivity index (χ4n) is 2.21. The molecule has 0 saturated heterocycles. The van der Waals surface area contributed by atoms with Crippen LogP contribution in [0.4, 0.5) is 5.69 Å². The second kappa shape index (κ2) is 7.63. The van der Waals surface area contributed by atoms with Gasteiger partial charge in [-0.25, -0.2) is 8.42 Å². The number of unbranched alkanes of at least 4 members (excludes halogenated alkanes) is 1. The van der Waals surface area contributed by atoms with Crippen molar-refractivity contribution < 1.29 is 13.2 Å². The number of nitrogens with zero attached hydrogens (tertiary/aromatic N) is 1. The number of hydrogen-bond acceptors (Lipinski definition) is 3. The molecule has 0 aliphatic carbocycles. The second-order valence-electron chi connectivity index (χ2n) is 5.65. The molecule has 1 N–H and O–H groups in total. The Hall–Kier alpha value is -1.56. The van der Waals surface area contributed by atoms with Gasteiger partial charge in [0.2, 0.25) is 15.9 Å². The monoisotopic (exact) mass is 326 g/mol. The molecule has 124 valence electrons. The summed E-state index contributed by atoms with van der Waals surface area (Å²) in [5, 5.41) is 2.79. The van der Waals surface area contributed by atoms with Crippen LogP contribution in [0.25, 0.3) is 0 Å². The lowest BCUT2D eigenvalue weighted by Crippen LogP contribution is -2.48. The largest absolute Gasteiger partial charge is 0.354 e. The molecule has 0 bridgehead atoms. The molecule has 1 rings (SSSR count). The fourth-order valence-corrected chi connectivity index (χ4v) is 3.37. The van der Waals surface area contributed by atoms with Gasteiger partial charge in [-0.2, -0.15) is 0 Å². The average molecular weight is 326 g/mol. The Morgan fingerprint density at radius 3 is 2.41 bits per heavy atom. The van der Waals surface area contributed by atoms with Crippen molar-refractivity contribution in [1.82, 2.24) is 5.32 Å². The number of benzene rings is 1. The van der Waals surface area contributed by atoms with E-state index in [1.807, 2.05) is 26.8 Å². The van der Waals surface area contributed by atoms with Crippen molar-refractivity contribution in [3.63, 3.8) is 0 Å². The van der Waals surface area contributed by atoms with Crippen LogP contribution in [-0.4, -0.2) is 33.2 Å². The van der Waals surface area contributed by atoms with Gasteiger partial charge in [-0.15, -0.1) is 0 Å². The van der Waals surface area contributed by atoms with E-state index in [1.165, 1.54) is 4.31 Å². The van der Waals surface area contributed by atoms with Gasteiger partial charge >= 0.3 is 0 Å². The molecule has 0 aliphatic heterocycles. The normalized spacial score (nSPS) is 12.8. The van der Waals surface area contributed by atoms with Gasteiger partial charge in [0.25, 0.3) is 0 Å². The zero-order valence-corrected chi connectivity index (χ0v) is 14.8. The number of amides is 1. The maximum Gasteiger partial charge on any atom is 0.243 e. The van der Waals surface area contributed by atoms with E-state index in [0.717, 1.165) is 30.2 Å². The molecule has 0 radical (unpaired) electrons. The first-order valence-corrected chi connectivity index (χ1v) is 9.37. The standard InChI is InChI=1S/C16H26N2O3S/c1-6-7-10-17-16(19)14(4)18(22(5,20)21)15-9-8-12(2)13(3)11-15/h8-9,11,14H,6-7,10H2,1-5H3,(H,17,19). The van der Waals surface area contributed by atoms with Crippen molar-refractivity contribution in [3.8, 4) is 0 Å². The highest BCUT2D eigenvalue weighted by molar-refractivity contribution is 7.92. The quantitative estimate of drug-likeness (QED) is 0.782. The van der Waals surface area contributed by atoms with E-state index in [2.05, 4.69) is 5.32 Å². The Balaban J connectivity index is 3.08. The summed E-state index contributed by atoms with van der Waals surface area (Å²) >= 11 is 0. The third-order valence-electron chi connectivity index (χ3n) is 3.66. The molecule has 1 atom stereocenters. The summed E-state index contributed by atoms with van der Waals surface area (Å²) in [5.41, 5.74) is 2.59. The third kappa shape index (κ3) is 4.73. The molecule has 0 heterocycles. The minimum absolute atomic E-state index is 0.280. The van der Waals surface area contributed by atoms with Crippen molar-refractivity contribution in [1.29, 1.82) is 0 Å². The molecular weight excluding hydrogens is 300 g/mol.